The molecular weight excluding hydrogens is 356 g/mol. The van der Waals surface area contributed by atoms with Gasteiger partial charge in [0.05, 0.1) is 11.7 Å². The van der Waals surface area contributed by atoms with Crippen molar-refractivity contribution in [3.63, 3.8) is 0 Å². The van der Waals surface area contributed by atoms with Gasteiger partial charge in [-0.1, -0.05) is 58.1 Å². The molecule has 4 unspecified atom stereocenters. The summed E-state index contributed by atoms with van der Waals surface area (Å²) in [5, 5.41) is 21.8. The van der Waals surface area contributed by atoms with E-state index in [9.17, 15) is 10.2 Å². The molecular formula is C27H46O2. The second-order valence-corrected chi connectivity index (χ2v) is 12.0. The van der Waals surface area contributed by atoms with Gasteiger partial charge in [-0.05, 0) is 99.2 Å². The fourth-order valence-electron chi connectivity index (χ4n) is 8.75. The molecule has 0 amide bonds. The molecule has 0 bridgehead atoms. The fraction of sp³-hybridized carbons (Fsp3) is 0.926. The zero-order valence-corrected chi connectivity index (χ0v) is 19.6. The van der Waals surface area contributed by atoms with Crippen LogP contribution in [0.3, 0.4) is 0 Å². The summed E-state index contributed by atoms with van der Waals surface area (Å²) in [5.74, 6) is 2.82. The molecule has 3 fully saturated rings. The number of rotatable bonds is 6. The van der Waals surface area contributed by atoms with Crippen LogP contribution in [0.25, 0.3) is 0 Å². The molecule has 0 radical (unpaired) electrons. The van der Waals surface area contributed by atoms with Gasteiger partial charge in [0.1, 0.15) is 0 Å². The van der Waals surface area contributed by atoms with Crippen molar-refractivity contribution in [1.29, 1.82) is 0 Å². The van der Waals surface area contributed by atoms with Crippen LogP contribution in [0.1, 0.15) is 111 Å². The first-order valence-electron chi connectivity index (χ1n) is 12.8. The van der Waals surface area contributed by atoms with Crippen LogP contribution in [0, 0.1) is 34.5 Å². The molecule has 0 aromatic heterocycles. The summed E-state index contributed by atoms with van der Waals surface area (Å²) in [6.45, 7) is 9.47. The lowest BCUT2D eigenvalue weighted by atomic mass is 9.46. The van der Waals surface area contributed by atoms with Crippen molar-refractivity contribution in [1.82, 2.24) is 0 Å². The van der Waals surface area contributed by atoms with Gasteiger partial charge in [-0.3, -0.25) is 0 Å². The molecule has 3 saturated carbocycles. The Morgan fingerprint density at radius 3 is 2.59 bits per heavy atom. The third kappa shape index (κ3) is 3.65. The molecule has 0 aromatic rings. The Labute approximate surface area is 179 Å². The van der Waals surface area contributed by atoms with E-state index in [2.05, 4.69) is 33.8 Å². The summed E-state index contributed by atoms with van der Waals surface area (Å²) in [5.41, 5.74) is 1.70. The molecule has 2 nitrogen and oxygen atoms in total. The molecule has 166 valence electrons. The number of unbranched alkanes of at least 4 members (excludes halogenated alkanes) is 3. The number of allylic oxidation sites excluding steroid dienone is 1. The maximum Gasteiger partial charge on any atom is 0.0653 e. The van der Waals surface area contributed by atoms with E-state index in [0.717, 1.165) is 37.0 Å². The van der Waals surface area contributed by atoms with Crippen molar-refractivity contribution in [2.24, 2.45) is 34.5 Å². The molecule has 2 N–H and O–H groups in total. The summed E-state index contributed by atoms with van der Waals surface area (Å²) in [4.78, 5) is 0. The van der Waals surface area contributed by atoms with Gasteiger partial charge in [-0.2, -0.15) is 0 Å². The van der Waals surface area contributed by atoms with Crippen LogP contribution < -0.4 is 0 Å². The number of fused-ring (bicyclic) bond motifs is 5. The first kappa shape index (κ1) is 21.9. The SMILES string of the molecule is CCCCCC[C@](C)(O)C1CCC2C3CC=C4C[C@@H](O)CC[C@]4(C)C3CC[C@@]21C. The molecule has 0 aromatic carbocycles. The molecule has 4 aliphatic carbocycles. The van der Waals surface area contributed by atoms with E-state index in [4.69, 9.17) is 0 Å². The van der Waals surface area contributed by atoms with Crippen molar-refractivity contribution in [3.05, 3.63) is 11.6 Å². The van der Waals surface area contributed by atoms with Crippen molar-refractivity contribution in [3.8, 4) is 0 Å². The molecule has 0 spiro atoms. The molecule has 29 heavy (non-hydrogen) atoms. The van der Waals surface area contributed by atoms with Crippen LogP contribution in [0.4, 0.5) is 0 Å². The summed E-state index contributed by atoms with van der Waals surface area (Å²) in [6.07, 6.45) is 17.8. The standard InChI is InChI=1S/C27H46O2/c1-5-6-7-8-15-27(4,29)24-12-11-22-21-10-9-19-18-20(28)13-16-25(19,2)23(21)14-17-26(22,24)3/h9,20-24,28-29H,5-8,10-18H2,1-4H3/t20-,21?,22?,23?,24?,25-,26-,27-/m0/s1. The van der Waals surface area contributed by atoms with Gasteiger partial charge in [-0.15, -0.1) is 0 Å². The maximum atomic E-state index is 11.5. The highest BCUT2D eigenvalue weighted by Gasteiger charge is 2.61. The lowest BCUT2D eigenvalue weighted by Gasteiger charge is -2.59. The van der Waals surface area contributed by atoms with E-state index < -0.39 is 5.60 Å². The maximum absolute atomic E-state index is 11.5. The van der Waals surface area contributed by atoms with Crippen LogP contribution >= 0.6 is 0 Å². The largest absolute Gasteiger partial charge is 0.393 e. The monoisotopic (exact) mass is 402 g/mol. The first-order chi connectivity index (χ1) is 13.7. The third-order valence-corrected chi connectivity index (χ3v) is 10.4. The van der Waals surface area contributed by atoms with Crippen LogP contribution in [0.5, 0.6) is 0 Å². The minimum atomic E-state index is -0.501. The highest BCUT2D eigenvalue weighted by atomic mass is 16.3. The van der Waals surface area contributed by atoms with E-state index in [1.165, 1.54) is 64.2 Å². The van der Waals surface area contributed by atoms with Crippen LogP contribution in [0.2, 0.25) is 0 Å². The predicted octanol–water partition coefficient (Wildman–Crippen LogP) is 6.65. The second kappa shape index (κ2) is 7.97. The van der Waals surface area contributed by atoms with Gasteiger partial charge in [0.25, 0.3) is 0 Å². The zero-order chi connectivity index (χ0) is 20.9. The predicted molar refractivity (Wildman–Crippen MR) is 121 cm³/mol. The summed E-state index contributed by atoms with van der Waals surface area (Å²) in [7, 11) is 0. The molecule has 8 atom stereocenters. The molecule has 4 rings (SSSR count). The average molecular weight is 403 g/mol. The minimum Gasteiger partial charge on any atom is -0.393 e. The Bertz CT molecular complexity index is 622. The number of hydrogen-bond donors (Lipinski definition) is 2. The van der Waals surface area contributed by atoms with Crippen molar-refractivity contribution in [2.45, 2.75) is 123 Å². The van der Waals surface area contributed by atoms with Gasteiger partial charge in [0.15, 0.2) is 0 Å². The van der Waals surface area contributed by atoms with Gasteiger partial charge >= 0.3 is 0 Å². The molecule has 0 saturated heterocycles. The lowest BCUT2D eigenvalue weighted by molar-refractivity contribution is -0.105. The Balaban J connectivity index is 1.51. The minimum absolute atomic E-state index is 0.113. The summed E-state index contributed by atoms with van der Waals surface area (Å²) >= 11 is 0. The summed E-state index contributed by atoms with van der Waals surface area (Å²) in [6, 6.07) is 0. The van der Waals surface area contributed by atoms with Crippen LogP contribution in [-0.4, -0.2) is 21.9 Å². The van der Waals surface area contributed by atoms with Crippen LogP contribution in [-0.2, 0) is 0 Å². The van der Waals surface area contributed by atoms with Crippen molar-refractivity contribution >= 4 is 0 Å². The Kier molecular flexibility index (Phi) is 6.01. The van der Waals surface area contributed by atoms with Crippen molar-refractivity contribution in [2.75, 3.05) is 0 Å². The Morgan fingerprint density at radius 2 is 1.83 bits per heavy atom. The van der Waals surface area contributed by atoms with Crippen molar-refractivity contribution < 1.29 is 10.2 Å². The van der Waals surface area contributed by atoms with Gasteiger partial charge in [-0.25, -0.2) is 0 Å². The van der Waals surface area contributed by atoms with Gasteiger partial charge < -0.3 is 10.2 Å². The normalized spacial score (nSPS) is 46.3. The number of hydrogen-bond acceptors (Lipinski definition) is 2. The molecule has 0 heterocycles. The molecule has 2 heteroatoms. The topological polar surface area (TPSA) is 40.5 Å². The molecule has 0 aliphatic heterocycles. The Morgan fingerprint density at radius 1 is 1.03 bits per heavy atom. The fourth-order valence-corrected chi connectivity index (χ4v) is 8.75. The highest BCUT2D eigenvalue weighted by molar-refractivity contribution is 5.25. The van der Waals surface area contributed by atoms with E-state index in [1.54, 1.807) is 5.57 Å². The number of aliphatic hydroxyl groups excluding tert-OH is 1. The van der Waals surface area contributed by atoms with E-state index >= 15 is 0 Å². The number of aliphatic hydroxyl groups is 2. The quantitative estimate of drug-likeness (QED) is 0.386. The van der Waals surface area contributed by atoms with Gasteiger partial charge in [0.2, 0.25) is 0 Å². The second-order valence-electron chi connectivity index (χ2n) is 12.0. The highest BCUT2D eigenvalue weighted by Crippen LogP contribution is 2.67. The van der Waals surface area contributed by atoms with E-state index in [-0.39, 0.29) is 6.10 Å². The third-order valence-electron chi connectivity index (χ3n) is 10.4. The first-order valence-corrected chi connectivity index (χ1v) is 12.8. The Hall–Kier alpha value is -0.340. The lowest BCUT2D eigenvalue weighted by Crippen LogP contribution is -2.53. The average Bonchev–Trinajstić information content (AvgIpc) is 3.04. The zero-order valence-electron chi connectivity index (χ0n) is 19.6. The van der Waals surface area contributed by atoms with Gasteiger partial charge in [0, 0.05) is 0 Å². The smallest absolute Gasteiger partial charge is 0.0653 e. The van der Waals surface area contributed by atoms with E-state index in [0.29, 0.717) is 16.7 Å². The summed E-state index contributed by atoms with van der Waals surface area (Å²) < 4.78 is 0. The van der Waals surface area contributed by atoms with E-state index in [1.807, 2.05) is 0 Å². The molecule has 4 aliphatic rings. The van der Waals surface area contributed by atoms with Crippen LogP contribution in [0.15, 0.2) is 11.6 Å².